The van der Waals surface area contributed by atoms with Crippen LogP contribution in [0.4, 0.5) is 5.95 Å². The van der Waals surface area contributed by atoms with Crippen molar-refractivity contribution in [2.24, 2.45) is 5.41 Å². The average molecular weight is 344 g/mol. The molecule has 1 saturated carbocycles. The standard InChI is InChI=1S/C19H28N4O2/c1-25-16-11-20-18(21-12-16)22-10-4-8-19(13-22)9-7-17(24)23(14-19)15-5-2-3-6-15/h11-12,15H,2-10,13-14H2,1H3. The summed E-state index contributed by atoms with van der Waals surface area (Å²) < 4.78 is 5.16. The van der Waals surface area contributed by atoms with Gasteiger partial charge < -0.3 is 14.5 Å². The van der Waals surface area contributed by atoms with Crippen LogP contribution >= 0.6 is 0 Å². The Balaban J connectivity index is 1.49. The molecular weight excluding hydrogens is 316 g/mol. The van der Waals surface area contributed by atoms with Crippen LogP contribution in [0.15, 0.2) is 12.4 Å². The lowest BCUT2D eigenvalue weighted by atomic mass is 9.73. The highest BCUT2D eigenvalue weighted by Crippen LogP contribution is 2.41. The first kappa shape index (κ1) is 16.6. The summed E-state index contributed by atoms with van der Waals surface area (Å²) in [6, 6.07) is 0.484. The van der Waals surface area contributed by atoms with Gasteiger partial charge in [-0.25, -0.2) is 9.97 Å². The van der Waals surface area contributed by atoms with Crippen LogP contribution in [0.25, 0.3) is 0 Å². The Hall–Kier alpha value is -1.85. The predicted octanol–water partition coefficient (Wildman–Crippen LogP) is 2.64. The van der Waals surface area contributed by atoms with E-state index in [4.69, 9.17) is 4.74 Å². The summed E-state index contributed by atoms with van der Waals surface area (Å²) in [6.45, 7) is 2.87. The van der Waals surface area contributed by atoms with Crippen LogP contribution in [0.3, 0.4) is 0 Å². The third-order valence-electron chi connectivity index (χ3n) is 6.26. The minimum atomic E-state index is 0.206. The number of hydrogen-bond donors (Lipinski definition) is 0. The van der Waals surface area contributed by atoms with Crippen molar-refractivity contribution in [2.45, 2.75) is 57.4 Å². The molecule has 0 radical (unpaired) electrons. The van der Waals surface area contributed by atoms with E-state index in [0.717, 1.165) is 38.4 Å². The second-order valence-corrected chi connectivity index (χ2v) is 7.91. The van der Waals surface area contributed by atoms with Gasteiger partial charge in [0.25, 0.3) is 0 Å². The Morgan fingerprint density at radius 2 is 1.88 bits per heavy atom. The van der Waals surface area contributed by atoms with Crippen LogP contribution in [-0.2, 0) is 4.79 Å². The highest BCUT2D eigenvalue weighted by molar-refractivity contribution is 5.77. The molecule has 3 aliphatic rings. The van der Waals surface area contributed by atoms with Crippen LogP contribution in [0.2, 0.25) is 0 Å². The molecule has 1 atom stereocenters. The molecule has 6 nitrogen and oxygen atoms in total. The minimum absolute atomic E-state index is 0.206. The number of ether oxygens (including phenoxy) is 1. The maximum Gasteiger partial charge on any atom is 0.225 e. The molecule has 4 rings (SSSR count). The number of amides is 1. The molecule has 1 aromatic heterocycles. The largest absolute Gasteiger partial charge is 0.494 e. The van der Waals surface area contributed by atoms with Crippen LogP contribution in [0.5, 0.6) is 5.75 Å². The average Bonchev–Trinajstić information content (AvgIpc) is 3.19. The molecule has 3 fully saturated rings. The first-order valence-electron chi connectivity index (χ1n) is 9.60. The molecule has 25 heavy (non-hydrogen) atoms. The molecule has 2 saturated heterocycles. The summed E-state index contributed by atoms with van der Waals surface area (Å²) in [5, 5.41) is 0. The molecule has 1 amide bonds. The molecule has 2 aliphatic heterocycles. The molecule has 0 aromatic carbocycles. The van der Waals surface area contributed by atoms with Gasteiger partial charge in [-0.05, 0) is 32.1 Å². The number of carbonyl (C=O) groups is 1. The van der Waals surface area contributed by atoms with Gasteiger partial charge in [-0.15, -0.1) is 0 Å². The number of methoxy groups -OCH3 is 1. The van der Waals surface area contributed by atoms with Crippen molar-refractivity contribution >= 4 is 11.9 Å². The maximum atomic E-state index is 12.5. The van der Waals surface area contributed by atoms with Crippen LogP contribution in [0, 0.1) is 5.41 Å². The molecule has 1 spiro atoms. The Morgan fingerprint density at radius 1 is 1.12 bits per heavy atom. The zero-order valence-electron chi connectivity index (χ0n) is 15.1. The third kappa shape index (κ3) is 3.31. The van der Waals surface area contributed by atoms with Crippen LogP contribution in [-0.4, -0.2) is 53.6 Å². The Kier molecular flexibility index (Phi) is 4.52. The Morgan fingerprint density at radius 3 is 2.60 bits per heavy atom. The summed E-state index contributed by atoms with van der Waals surface area (Å²) in [6.07, 6.45) is 12.4. The third-order valence-corrected chi connectivity index (χ3v) is 6.26. The van der Waals surface area contributed by atoms with Gasteiger partial charge in [-0.2, -0.15) is 0 Å². The lowest BCUT2D eigenvalue weighted by Crippen LogP contribution is -2.56. The number of rotatable bonds is 3. The van der Waals surface area contributed by atoms with Gasteiger partial charge in [0.15, 0.2) is 5.75 Å². The normalized spacial score (nSPS) is 28.0. The fraction of sp³-hybridized carbons (Fsp3) is 0.737. The molecule has 0 bridgehead atoms. The second kappa shape index (κ2) is 6.81. The maximum absolute atomic E-state index is 12.5. The first-order chi connectivity index (χ1) is 12.2. The van der Waals surface area contributed by atoms with E-state index in [2.05, 4.69) is 19.8 Å². The van der Waals surface area contributed by atoms with E-state index in [1.54, 1.807) is 19.5 Å². The van der Waals surface area contributed by atoms with E-state index in [-0.39, 0.29) is 5.41 Å². The number of nitrogens with zero attached hydrogens (tertiary/aromatic N) is 4. The highest BCUT2D eigenvalue weighted by Gasteiger charge is 2.44. The van der Waals surface area contributed by atoms with Gasteiger partial charge in [0, 0.05) is 37.5 Å². The SMILES string of the molecule is COc1cnc(N2CCCC3(CCC(=O)N(C4CCCC4)C3)C2)nc1. The molecule has 0 N–H and O–H groups in total. The molecule has 136 valence electrons. The molecular formula is C19H28N4O2. The van der Waals surface area contributed by atoms with Crippen molar-refractivity contribution in [3.63, 3.8) is 0 Å². The zero-order chi connectivity index (χ0) is 17.3. The molecule has 3 heterocycles. The van der Waals surface area contributed by atoms with Gasteiger partial charge in [0.2, 0.25) is 11.9 Å². The number of carbonyl (C=O) groups excluding carboxylic acids is 1. The van der Waals surface area contributed by atoms with Crippen LogP contribution < -0.4 is 9.64 Å². The van der Waals surface area contributed by atoms with Crippen molar-refractivity contribution in [3.8, 4) is 5.75 Å². The summed E-state index contributed by atoms with van der Waals surface area (Å²) >= 11 is 0. The van der Waals surface area contributed by atoms with E-state index in [1.807, 2.05) is 0 Å². The summed E-state index contributed by atoms with van der Waals surface area (Å²) in [5.74, 6) is 1.84. The van der Waals surface area contributed by atoms with Gasteiger partial charge in [-0.3, -0.25) is 4.79 Å². The number of aromatic nitrogens is 2. The van der Waals surface area contributed by atoms with Gasteiger partial charge >= 0.3 is 0 Å². The van der Waals surface area contributed by atoms with Crippen molar-refractivity contribution < 1.29 is 9.53 Å². The number of hydrogen-bond acceptors (Lipinski definition) is 5. The summed E-state index contributed by atoms with van der Waals surface area (Å²) in [7, 11) is 1.63. The monoisotopic (exact) mass is 344 g/mol. The topological polar surface area (TPSA) is 58.6 Å². The lowest BCUT2D eigenvalue weighted by Gasteiger charge is -2.49. The fourth-order valence-electron chi connectivity index (χ4n) is 4.88. The molecule has 1 aliphatic carbocycles. The number of piperidine rings is 2. The van der Waals surface area contributed by atoms with E-state index in [9.17, 15) is 4.79 Å². The summed E-state index contributed by atoms with van der Waals surface area (Å²) in [5.41, 5.74) is 0.206. The predicted molar refractivity (Wildman–Crippen MR) is 95.7 cm³/mol. The fourth-order valence-corrected chi connectivity index (χ4v) is 4.88. The minimum Gasteiger partial charge on any atom is -0.494 e. The number of likely N-dealkylation sites (tertiary alicyclic amines) is 1. The van der Waals surface area contributed by atoms with E-state index in [1.165, 1.54) is 32.1 Å². The quantitative estimate of drug-likeness (QED) is 0.844. The van der Waals surface area contributed by atoms with Crippen molar-refractivity contribution in [1.82, 2.24) is 14.9 Å². The van der Waals surface area contributed by atoms with Gasteiger partial charge in [0.1, 0.15) is 0 Å². The highest BCUT2D eigenvalue weighted by atomic mass is 16.5. The second-order valence-electron chi connectivity index (χ2n) is 7.91. The van der Waals surface area contributed by atoms with Crippen molar-refractivity contribution in [3.05, 3.63) is 12.4 Å². The van der Waals surface area contributed by atoms with Crippen LogP contribution in [0.1, 0.15) is 51.4 Å². The van der Waals surface area contributed by atoms with Gasteiger partial charge in [0.05, 0.1) is 19.5 Å². The number of anilines is 1. The zero-order valence-corrected chi connectivity index (χ0v) is 15.1. The summed E-state index contributed by atoms with van der Waals surface area (Å²) in [4.78, 5) is 26.0. The smallest absolute Gasteiger partial charge is 0.225 e. The van der Waals surface area contributed by atoms with E-state index >= 15 is 0 Å². The van der Waals surface area contributed by atoms with E-state index < -0.39 is 0 Å². The molecule has 6 heteroatoms. The molecule has 1 aromatic rings. The Labute approximate surface area is 149 Å². The lowest BCUT2D eigenvalue weighted by molar-refractivity contribution is -0.140. The first-order valence-corrected chi connectivity index (χ1v) is 9.60. The van der Waals surface area contributed by atoms with Crippen molar-refractivity contribution in [1.29, 1.82) is 0 Å². The van der Waals surface area contributed by atoms with E-state index in [0.29, 0.717) is 24.1 Å². The molecule has 1 unspecified atom stereocenters. The van der Waals surface area contributed by atoms with Crippen molar-refractivity contribution in [2.75, 3.05) is 31.6 Å². The Bertz CT molecular complexity index is 614. The van der Waals surface area contributed by atoms with Gasteiger partial charge in [-0.1, -0.05) is 12.8 Å².